The summed E-state index contributed by atoms with van der Waals surface area (Å²) in [6.07, 6.45) is -2.75. The molecule has 152 valence electrons. The molecular weight excluding hydrogens is 372 g/mol. The predicted octanol–water partition coefficient (Wildman–Crippen LogP) is -2.30. The number of hydrogen-bond donors (Lipinski definition) is 7. The molecule has 1 rings (SSSR count). The van der Waals surface area contributed by atoms with Gasteiger partial charge in [-0.25, -0.2) is 0 Å². The van der Waals surface area contributed by atoms with Crippen LogP contribution < -0.4 is 16.0 Å². The Bertz CT molecular complexity index is 703. The number of benzene rings is 1. The number of nitrogens with zero attached hydrogens (tertiary/aromatic N) is 1. The number of nitriles is 1. The summed E-state index contributed by atoms with van der Waals surface area (Å²) in [5, 5.41) is 51.9. The lowest BCUT2D eigenvalue weighted by atomic mass is 10.1. The summed E-state index contributed by atoms with van der Waals surface area (Å²) in [5.41, 5.74) is 0.0453. The number of nitrogens with one attached hydrogen (secondary N) is 3. The molecule has 0 spiro atoms. The van der Waals surface area contributed by atoms with Gasteiger partial charge in [-0.2, -0.15) is 5.26 Å². The number of amides is 3. The van der Waals surface area contributed by atoms with Gasteiger partial charge in [0.15, 0.2) is 0 Å². The summed E-state index contributed by atoms with van der Waals surface area (Å²) < 4.78 is 0. The van der Waals surface area contributed by atoms with Gasteiger partial charge in [0.25, 0.3) is 11.8 Å². The lowest BCUT2D eigenvalue weighted by Crippen LogP contribution is -2.35. The number of carbonyl (C=O) groups excluding carboxylic acids is 3. The lowest BCUT2D eigenvalue weighted by Gasteiger charge is -2.13. The van der Waals surface area contributed by atoms with Gasteiger partial charge in [0.1, 0.15) is 6.42 Å². The van der Waals surface area contributed by atoms with Crippen LogP contribution in [0.2, 0.25) is 0 Å². The van der Waals surface area contributed by atoms with Crippen molar-refractivity contribution < 1.29 is 34.8 Å². The fourth-order valence-electron chi connectivity index (χ4n) is 1.99. The Morgan fingerprint density at radius 3 is 1.79 bits per heavy atom. The minimum absolute atomic E-state index is 0.0206. The molecule has 0 aliphatic heterocycles. The highest BCUT2D eigenvalue weighted by atomic mass is 16.3. The maximum Gasteiger partial charge on any atom is 0.251 e. The SMILES string of the molecule is N#CCC(=O)Nc1cc(C(=O)NCC(O)CO)cc(C(=O)NCC(O)CO)c1. The van der Waals surface area contributed by atoms with Gasteiger partial charge < -0.3 is 36.4 Å². The number of anilines is 1. The van der Waals surface area contributed by atoms with Crippen molar-refractivity contribution in [3.63, 3.8) is 0 Å². The zero-order chi connectivity index (χ0) is 21.1. The van der Waals surface area contributed by atoms with Gasteiger partial charge in [-0.05, 0) is 18.2 Å². The van der Waals surface area contributed by atoms with Crippen molar-refractivity contribution in [2.45, 2.75) is 18.6 Å². The molecule has 11 nitrogen and oxygen atoms in total. The molecule has 0 fully saturated rings. The van der Waals surface area contributed by atoms with E-state index in [1.165, 1.54) is 18.2 Å². The Hall–Kier alpha value is -3.04. The van der Waals surface area contributed by atoms with E-state index in [0.29, 0.717) is 0 Å². The zero-order valence-electron chi connectivity index (χ0n) is 14.9. The maximum absolute atomic E-state index is 12.2. The minimum atomic E-state index is -1.16. The summed E-state index contributed by atoms with van der Waals surface area (Å²) in [5.74, 6) is -1.99. The van der Waals surface area contributed by atoms with Crippen LogP contribution in [0.5, 0.6) is 0 Å². The van der Waals surface area contributed by atoms with Crippen LogP contribution >= 0.6 is 0 Å². The van der Waals surface area contributed by atoms with Crippen LogP contribution in [-0.4, -0.2) is 76.7 Å². The third-order valence-electron chi connectivity index (χ3n) is 3.40. The normalized spacial score (nSPS) is 12.4. The molecule has 28 heavy (non-hydrogen) atoms. The summed E-state index contributed by atoms with van der Waals surface area (Å²) in [7, 11) is 0. The van der Waals surface area contributed by atoms with Crippen molar-refractivity contribution >= 4 is 23.4 Å². The molecule has 2 atom stereocenters. The standard InChI is InChI=1S/C17H22N4O7/c18-2-1-15(26)21-12-4-10(16(27)19-6-13(24)8-22)3-11(5-12)17(28)20-7-14(25)9-23/h3-5,13-14,22-25H,1,6-9H2,(H,19,27)(H,20,28)(H,21,26). The van der Waals surface area contributed by atoms with Crippen LogP contribution in [0.3, 0.4) is 0 Å². The topological polar surface area (TPSA) is 192 Å². The summed E-state index contributed by atoms with van der Waals surface area (Å²) in [6.45, 7) is -1.56. The van der Waals surface area contributed by atoms with Crippen molar-refractivity contribution in [3.8, 4) is 6.07 Å². The average Bonchev–Trinajstić information content (AvgIpc) is 2.69. The van der Waals surface area contributed by atoms with E-state index >= 15 is 0 Å². The van der Waals surface area contributed by atoms with Crippen LogP contribution in [0.1, 0.15) is 27.1 Å². The fraction of sp³-hybridized carbons (Fsp3) is 0.412. The lowest BCUT2D eigenvalue weighted by molar-refractivity contribution is -0.115. The van der Waals surface area contributed by atoms with Crippen LogP contribution in [0.15, 0.2) is 18.2 Å². The Labute approximate surface area is 160 Å². The second-order valence-corrected chi connectivity index (χ2v) is 5.77. The number of carbonyl (C=O) groups is 3. The monoisotopic (exact) mass is 394 g/mol. The first-order valence-corrected chi connectivity index (χ1v) is 8.26. The van der Waals surface area contributed by atoms with E-state index < -0.39 is 49.6 Å². The molecule has 0 radical (unpaired) electrons. The molecule has 3 amide bonds. The average molecular weight is 394 g/mol. The highest BCUT2D eigenvalue weighted by molar-refractivity contribution is 6.02. The van der Waals surface area contributed by atoms with E-state index in [2.05, 4.69) is 16.0 Å². The molecule has 1 aromatic rings. The first-order chi connectivity index (χ1) is 13.3. The molecule has 0 bridgehead atoms. The molecule has 0 saturated heterocycles. The van der Waals surface area contributed by atoms with Gasteiger partial charge in [-0.3, -0.25) is 14.4 Å². The van der Waals surface area contributed by atoms with Gasteiger partial charge >= 0.3 is 0 Å². The highest BCUT2D eigenvalue weighted by Crippen LogP contribution is 2.16. The minimum Gasteiger partial charge on any atom is -0.394 e. The van der Waals surface area contributed by atoms with Crippen molar-refractivity contribution in [3.05, 3.63) is 29.3 Å². The third kappa shape index (κ3) is 7.68. The summed E-state index contributed by atoms with van der Waals surface area (Å²) >= 11 is 0. The Morgan fingerprint density at radius 2 is 1.39 bits per heavy atom. The zero-order valence-corrected chi connectivity index (χ0v) is 14.9. The Balaban J connectivity index is 3.06. The second-order valence-electron chi connectivity index (χ2n) is 5.77. The van der Waals surface area contributed by atoms with Crippen LogP contribution in [0.4, 0.5) is 5.69 Å². The van der Waals surface area contributed by atoms with Crippen molar-refractivity contribution in [2.75, 3.05) is 31.6 Å². The van der Waals surface area contributed by atoms with E-state index in [0.717, 1.165) is 0 Å². The van der Waals surface area contributed by atoms with Crippen molar-refractivity contribution in [1.82, 2.24) is 10.6 Å². The highest BCUT2D eigenvalue weighted by Gasteiger charge is 2.16. The number of aliphatic hydroxyl groups excluding tert-OH is 4. The van der Waals surface area contributed by atoms with Crippen molar-refractivity contribution in [1.29, 1.82) is 5.26 Å². The molecule has 1 aromatic carbocycles. The van der Waals surface area contributed by atoms with Crippen LogP contribution in [-0.2, 0) is 4.79 Å². The van der Waals surface area contributed by atoms with Gasteiger partial charge in [0, 0.05) is 29.9 Å². The van der Waals surface area contributed by atoms with Crippen LogP contribution in [0.25, 0.3) is 0 Å². The molecule has 0 saturated carbocycles. The predicted molar refractivity (Wildman–Crippen MR) is 96.2 cm³/mol. The number of rotatable bonds is 10. The Kier molecular flexibility index (Phi) is 9.55. The van der Waals surface area contributed by atoms with E-state index in [1.807, 2.05) is 0 Å². The second kappa shape index (κ2) is 11.6. The molecule has 2 unspecified atom stereocenters. The van der Waals surface area contributed by atoms with E-state index in [-0.39, 0.29) is 29.9 Å². The fourth-order valence-corrected chi connectivity index (χ4v) is 1.99. The molecule has 7 N–H and O–H groups in total. The van der Waals surface area contributed by atoms with E-state index in [1.54, 1.807) is 6.07 Å². The number of aliphatic hydroxyl groups is 4. The molecule has 0 aliphatic carbocycles. The van der Waals surface area contributed by atoms with Gasteiger partial charge in [0.05, 0.1) is 31.5 Å². The molecule has 11 heteroatoms. The molecule has 0 aliphatic rings. The molecular formula is C17H22N4O7. The largest absolute Gasteiger partial charge is 0.394 e. The molecule has 0 aromatic heterocycles. The van der Waals surface area contributed by atoms with Gasteiger partial charge in [-0.15, -0.1) is 0 Å². The smallest absolute Gasteiger partial charge is 0.251 e. The van der Waals surface area contributed by atoms with Crippen molar-refractivity contribution in [2.24, 2.45) is 0 Å². The van der Waals surface area contributed by atoms with Gasteiger partial charge in [0.2, 0.25) is 5.91 Å². The summed E-state index contributed by atoms with van der Waals surface area (Å²) in [6, 6.07) is 5.44. The maximum atomic E-state index is 12.2. The number of hydrogen-bond acceptors (Lipinski definition) is 8. The van der Waals surface area contributed by atoms with E-state index in [9.17, 15) is 24.6 Å². The first kappa shape index (κ1) is 23.0. The molecule has 0 heterocycles. The van der Waals surface area contributed by atoms with E-state index in [4.69, 9.17) is 15.5 Å². The summed E-state index contributed by atoms with van der Waals surface area (Å²) in [4.78, 5) is 36.1. The third-order valence-corrected chi connectivity index (χ3v) is 3.40. The van der Waals surface area contributed by atoms with Gasteiger partial charge in [-0.1, -0.05) is 0 Å². The quantitative estimate of drug-likeness (QED) is 0.230. The van der Waals surface area contributed by atoms with Crippen LogP contribution in [0, 0.1) is 11.3 Å². The first-order valence-electron chi connectivity index (χ1n) is 8.26. The Morgan fingerprint density at radius 1 is 0.929 bits per heavy atom.